The van der Waals surface area contributed by atoms with E-state index in [1.807, 2.05) is 60.3 Å². The Kier molecular flexibility index (Phi) is 6.89. The maximum absolute atomic E-state index is 13.2. The van der Waals surface area contributed by atoms with E-state index in [1.54, 1.807) is 43.6 Å². The second-order valence-corrected chi connectivity index (χ2v) is 7.66. The van der Waals surface area contributed by atoms with Crippen molar-refractivity contribution < 1.29 is 14.3 Å². The molecule has 1 unspecified atom stereocenters. The van der Waals surface area contributed by atoms with Crippen molar-refractivity contribution in [3.05, 3.63) is 113 Å². The highest BCUT2D eigenvalue weighted by molar-refractivity contribution is 5.95. The molecule has 1 atom stereocenters. The fourth-order valence-electron chi connectivity index (χ4n) is 3.63. The fourth-order valence-corrected chi connectivity index (χ4v) is 3.63. The molecule has 4 aromatic rings. The number of ether oxygens (including phenoxy) is 2. The molecular weight excluding hydrogens is 428 g/mol. The number of rotatable bonds is 8. The van der Waals surface area contributed by atoms with Gasteiger partial charge >= 0.3 is 0 Å². The van der Waals surface area contributed by atoms with E-state index < -0.39 is 6.04 Å². The van der Waals surface area contributed by atoms with E-state index in [0.29, 0.717) is 28.5 Å². The van der Waals surface area contributed by atoms with Gasteiger partial charge in [-0.05, 0) is 42.0 Å². The Balaban J connectivity index is 1.55. The number of amides is 1. The zero-order valence-electron chi connectivity index (χ0n) is 18.9. The predicted molar refractivity (Wildman–Crippen MR) is 127 cm³/mol. The van der Waals surface area contributed by atoms with Gasteiger partial charge in [-0.3, -0.25) is 4.79 Å². The average molecular weight is 453 g/mol. The lowest BCUT2D eigenvalue weighted by molar-refractivity contribution is 0.0940. The zero-order chi connectivity index (χ0) is 23.9. The molecule has 34 heavy (non-hydrogen) atoms. The topological polar surface area (TPSA) is 89.2 Å². The molecule has 4 rings (SSSR count). The Labute approximate surface area is 198 Å². The van der Waals surface area contributed by atoms with Crippen molar-refractivity contribution in [3.8, 4) is 17.6 Å². The molecule has 7 nitrogen and oxygen atoms in total. The highest BCUT2D eigenvalue weighted by Crippen LogP contribution is 2.25. The summed E-state index contributed by atoms with van der Waals surface area (Å²) in [5.74, 6) is 1.66. The van der Waals surface area contributed by atoms with Gasteiger partial charge in [0.25, 0.3) is 5.91 Å². The standard InChI is InChI=1S/C27H24N4O3/c1-31-14-13-29-26(31)25(19-9-5-11-23(15-19)33-2)30-27(32)20-10-6-12-24(16-20)34-18-22-8-4-3-7-21(22)17-28/h3-16,25H,18H2,1-2H3,(H,30,32). The third kappa shape index (κ3) is 5.08. The van der Waals surface area contributed by atoms with Crippen molar-refractivity contribution in [2.24, 2.45) is 7.05 Å². The first-order valence-corrected chi connectivity index (χ1v) is 10.7. The van der Waals surface area contributed by atoms with Crippen molar-refractivity contribution >= 4 is 5.91 Å². The number of hydrogen-bond donors (Lipinski definition) is 1. The summed E-state index contributed by atoms with van der Waals surface area (Å²) in [6.07, 6.45) is 3.53. The van der Waals surface area contributed by atoms with Crippen LogP contribution in [-0.4, -0.2) is 22.6 Å². The number of carbonyl (C=O) groups is 1. The van der Waals surface area contributed by atoms with Crippen LogP contribution in [0.15, 0.2) is 85.2 Å². The molecule has 0 fully saturated rings. The molecule has 1 aromatic heterocycles. The lowest BCUT2D eigenvalue weighted by Crippen LogP contribution is -2.31. The molecule has 0 saturated heterocycles. The van der Waals surface area contributed by atoms with Gasteiger partial charge in [0.15, 0.2) is 0 Å². The Morgan fingerprint density at radius 1 is 1.09 bits per heavy atom. The summed E-state index contributed by atoms with van der Waals surface area (Å²) in [5, 5.41) is 12.4. The molecule has 1 heterocycles. The van der Waals surface area contributed by atoms with E-state index >= 15 is 0 Å². The Morgan fingerprint density at radius 2 is 1.88 bits per heavy atom. The first-order chi connectivity index (χ1) is 16.6. The predicted octanol–water partition coefficient (Wildman–Crippen LogP) is 4.40. The highest BCUT2D eigenvalue weighted by Gasteiger charge is 2.22. The number of carbonyl (C=O) groups excluding carboxylic acids is 1. The SMILES string of the molecule is COc1cccc(C(NC(=O)c2cccc(OCc3ccccc3C#N)c2)c2nccn2C)c1. The Bertz CT molecular complexity index is 1340. The summed E-state index contributed by atoms with van der Waals surface area (Å²) in [6, 6.07) is 23.5. The maximum atomic E-state index is 13.2. The van der Waals surface area contributed by atoms with Crippen LogP contribution < -0.4 is 14.8 Å². The van der Waals surface area contributed by atoms with E-state index in [0.717, 1.165) is 11.1 Å². The molecule has 1 N–H and O–H groups in total. The first kappa shape index (κ1) is 22.6. The summed E-state index contributed by atoms with van der Waals surface area (Å²) in [5.41, 5.74) is 2.65. The summed E-state index contributed by atoms with van der Waals surface area (Å²) < 4.78 is 13.1. The van der Waals surface area contributed by atoms with Gasteiger partial charge in [-0.1, -0.05) is 36.4 Å². The largest absolute Gasteiger partial charge is 0.497 e. The summed E-state index contributed by atoms with van der Waals surface area (Å²) in [7, 11) is 3.49. The quantitative estimate of drug-likeness (QED) is 0.428. The average Bonchev–Trinajstić information content (AvgIpc) is 3.31. The van der Waals surface area contributed by atoms with Crippen LogP contribution in [0.2, 0.25) is 0 Å². The van der Waals surface area contributed by atoms with Crippen LogP contribution in [0.5, 0.6) is 11.5 Å². The lowest BCUT2D eigenvalue weighted by Gasteiger charge is -2.20. The van der Waals surface area contributed by atoms with Crippen LogP contribution in [0.3, 0.4) is 0 Å². The van der Waals surface area contributed by atoms with Crippen LogP contribution in [0.1, 0.15) is 38.9 Å². The normalized spacial score (nSPS) is 11.3. The molecule has 0 bridgehead atoms. The minimum absolute atomic E-state index is 0.231. The van der Waals surface area contributed by atoms with Gasteiger partial charge in [-0.2, -0.15) is 5.26 Å². The van der Waals surface area contributed by atoms with E-state index in [-0.39, 0.29) is 12.5 Å². The molecule has 1 amide bonds. The number of nitrogens with zero attached hydrogens (tertiary/aromatic N) is 3. The highest BCUT2D eigenvalue weighted by atomic mass is 16.5. The van der Waals surface area contributed by atoms with E-state index in [9.17, 15) is 10.1 Å². The number of imidazole rings is 1. The van der Waals surface area contributed by atoms with E-state index in [4.69, 9.17) is 9.47 Å². The fraction of sp³-hybridized carbons (Fsp3) is 0.148. The van der Waals surface area contributed by atoms with Gasteiger partial charge in [0.1, 0.15) is 30.0 Å². The van der Waals surface area contributed by atoms with Gasteiger partial charge in [0.2, 0.25) is 0 Å². The monoisotopic (exact) mass is 452 g/mol. The van der Waals surface area contributed by atoms with E-state index in [2.05, 4.69) is 16.4 Å². The second kappa shape index (κ2) is 10.4. The molecule has 0 aliphatic rings. The number of nitriles is 1. The first-order valence-electron chi connectivity index (χ1n) is 10.7. The van der Waals surface area contributed by atoms with Crippen molar-refractivity contribution in [3.63, 3.8) is 0 Å². The summed E-state index contributed by atoms with van der Waals surface area (Å²) >= 11 is 0. The molecule has 0 spiro atoms. The van der Waals surface area contributed by atoms with Crippen LogP contribution >= 0.6 is 0 Å². The van der Waals surface area contributed by atoms with Gasteiger partial charge < -0.3 is 19.4 Å². The number of nitrogens with one attached hydrogen (secondary N) is 1. The molecule has 0 radical (unpaired) electrons. The number of hydrogen-bond acceptors (Lipinski definition) is 5. The van der Waals surface area contributed by atoms with Crippen molar-refractivity contribution in [2.45, 2.75) is 12.6 Å². The third-order valence-electron chi connectivity index (χ3n) is 5.45. The van der Waals surface area contributed by atoms with Gasteiger partial charge in [0, 0.05) is 30.6 Å². The summed E-state index contributed by atoms with van der Waals surface area (Å²) in [4.78, 5) is 17.7. The molecule has 7 heteroatoms. The number of aryl methyl sites for hydroxylation is 1. The second-order valence-electron chi connectivity index (χ2n) is 7.66. The van der Waals surface area contributed by atoms with Gasteiger partial charge in [-0.25, -0.2) is 4.98 Å². The van der Waals surface area contributed by atoms with Crippen molar-refractivity contribution in [2.75, 3.05) is 7.11 Å². The molecule has 0 aliphatic heterocycles. The van der Waals surface area contributed by atoms with Crippen LogP contribution in [-0.2, 0) is 13.7 Å². The van der Waals surface area contributed by atoms with Gasteiger partial charge in [-0.15, -0.1) is 0 Å². The maximum Gasteiger partial charge on any atom is 0.252 e. The van der Waals surface area contributed by atoms with Crippen molar-refractivity contribution in [1.29, 1.82) is 5.26 Å². The molecule has 0 aliphatic carbocycles. The number of aromatic nitrogens is 2. The van der Waals surface area contributed by atoms with Crippen LogP contribution in [0.25, 0.3) is 0 Å². The lowest BCUT2D eigenvalue weighted by atomic mass is 10.0. The minimum Gasteiger partial charge on any atom is -0.497 e. The number of benzene rings is 3. The summed E-state index contributed by atoms with van der Waals surface area (Å²) in [6.45, 7) is 0.231. The number of methoxy groups -OCH3 is 1. The molecule has 170 valence electrons. The van der Waals surface area contributed by atoms with Crippen molar-refractivity contribution in [1.82, 2.24) is 14.9 Å². The molecule has 0 saturated carbocycles. The zero-order valence-corrected chi connectivity index (χ0v) is 18.9. The van der Waals surface area contributed by atoms with Gasteiger partial charge in [0.05, 0.1) is 18.7 Å². The Hall–Kier alpha value is -4.57. The molecule has 3 aromatic carbocycles. The third-order valence-corrected chi connectivity index (χ3v) is 5.45. The smallest absolute Gasteiger partial charge is 0.252 e. The molecular formula is C27H24N4O3. The van der Waals surface area contributed by atoms with Crippen LogP contribution in [0.4, 0.5) is 0 Å². The van der Waals surface area contributed by atoms with Crippen LogP contribution in [0, 0.1) is 11.3 Å². The minimum atomic E-state index is -0.477. The van der Waals surface area contributed by atoms with E-state index in [1.165, 1.54) is 0 Å². The Morgan fingerprint density at radius 3 is 2.65 bits per heavy atom.